The van der Waals surface area contributed by atoms with Crippen LogP contribution in [0.15, 0.2) is 23.0 Å². The first-order valence-corrected chi connectivity index (χ1v) is 5.29. The van der Waals surface area contributed by atoms with Gasteiger partial charge in [-0.3, -0.25) is 4.68 Å². The highest BCUT2D eigenvalue weighted by Crippen LogP contribution is 2.15. The highest BCUT2D eigenvalue weighted by molar-refractivity contribution is 5.19. The fourth-order valence-corrected chi connectivity index (χ4v) is 1.74. The molecule has 0 bridgehead atoms. The maximum atomic E-state index is 4.77. The molecule has 86 valence electrons. The molecule has 0 radical (unpaired) electrons. The molecule has 0 aliphatic heterocycles. The van der Waals surface area contributed by atoms with Gasteiger partial charge in [0.2, 0.25) is 0 Å². The van der Waals surface area contributed by atoms with E-state index in [0.717, 1.165) is 11.4 Å². The third kappa shape index (κ3) is 2.30. The quantitative estimate of drug-likeness (QED) is 0.849. The van der Waals surface area contributed by atoms with Crippen LogP contribution in [0, 0.1) is 6.92 Å². The van der Waals surface area contributed by atoms with Gasteiger partial charge in [-0.15, -0.1) is 0 Å². The van der Waals surface area contributed by atoms with Gasteiger partial charge in [-0.1, -0.05) is 5.16 Å². The van der Waals surface area contributed by atoms with Crippen LogP contribution < -0.4 is 5.32 Å². The first kappa shape index (κ1) is 10.9. The predicted octanol–water partition coefficient (Wildman–Crippen LogP) is 1.57. The van der Waals surface area contributed by atoms with Crippen LogP contribution in [0.5, 0.6) is 0 Å². The second kappa shape index (κ2) is 4.49. The Labute approximate surface area is 94.4 Å². The topological polar surface area (TPSA) is 55.9 Å². The van der Waals surface area contributed by atoms with E-state index in [1.807, 2.05) is 30.9 Å². The summed E-state index contributed by atoms with van der Waals surface area (Å²) in [6.07, 6.45) is 3.62. The zero-order valence-electron chi connectivity index (χ0n) is 9.77. The Morgan fingerprint density at radius 2 is 2.38 bits per heavy atom. The molecule has 2 aromatic rings. The van der Waals surface area contributed by atoms with E-state index < -0.39 is 0 Å². The van der Waals surface area contributed by atoms with Crippen LogP contribution in [0.25, 0.3) is 0 Å². The minimum Gasteiger partial charge on any atom is -0.364 e. The second-order valence-corrected chi connectivity index (χ2v) is 3.94. The van der Waals surface area contributed by atoms with Crippen molar-refractivity contribution < 1.29 is 4.52 Å². The molecule has 0 fully saturated rings. The van der Waals surface area contributed by atoms with Gasteiger partial charge in [0.25, 0.3) is 0 Å². The lowest BCUT2D eigenvalue weighted by molar-refractivity contribution is 0.406. The molecule has 2 rings (SSSR count). The number of hydrogen-bond acceptors (Lipinski definition) is 4. The average molecular weight is 220 g/mol. The Kier molecular flexibility index (Phi) is 3.05. The van der Waals surface area contributed by atoms with Gasteiger partial charge in [-0.05, 0) is 13.8 Å². The lowest BCUT2D eigenvalue weighted by atomic mass is 10.1. The van der Waals surface area contributed by atoms with E-state index in [1.165, 1.54) is 5.56 Å². The monoisotopic (exact) mass is 220 g/mol. The van der Waals surface area contributed by atoms with Crippen molar-refractivity contribution in [3.63, 3.8) is 0 Å². The molecule has 0 aromatic carbocycles. The van der Waals surface area contributed by atoms with E-state index in [4.69, 9.17) is 4.52 Å². The highest BCUT2D eigenvalue weighted by Gasteiger charge is 2.11. The van der Waals surface area contributed by atoms with Gasteiger partial charge < -0.3 is 9.84 Å². The second-order valence-electron chi connectivity index (χ2n) is 3.94. The van der Waals surface area contributed by atoms with Gasteiger partial charge in [-0.2, -0.15) is 5.10 Å². The largest absolute Gasteiger partial charge is 0.364 e. The van der Waals surface area contributed by atoms with Crippen LogP contribution in [0.2, 0.25) is 0 Å². The Morgan fingerprint density at radius 1 is 1.56 bits per heavy atom. The number of nitrogens with zero attached hydrogens (tertiary/aromatic N) is 3. The average Bonchev–Trinajstić information content (AvgIpc) is 2.84. The van der Waals surface area contributed by atoms with E-state index in [-0.39, 0.29) is 6.04 Å². The van der Waals surface area contributed by atoms with Gasteiger partial charge in [0.05, 0.1) is 11.4 Å². The third-order valence-electron chi connectivity index (χ3n) is 2.60. The molecule has 2 aromatic heterocycles. The Morgan fingerprint density at radius 3 is 2.94 bits per heavy atom. The van der Waals surface area contributed by atoms with Crippen molar-refractivity contribution in [2.45, 2.75) is 26.4 Å². The third-order valence-corrected chi connectivity index (χ3v) is 2.60. The van der Waals surface area contributed by atoms with Gasteiger partial charge in [0.15, 0.2) is 0 Å². The number of aromatic nitrogens is 3. The van der Waals surface area contributed by atoms with Crippen molar-refractivity contribution in [1.29, 1.82) is 0 Å². The summed E-state index contributed by atoms with van der Waals surface area (Å²) >= 11 is 0. The van der Waals surface area contributed by atoms with Gasteiger partial charge >= 0.3 is 0 Å². The molecular weight excluding hydrogens is 204 g/mol. The molecule has 0 saturated carbocycles. The molecule has 0 saturated heterocycles. The van der Waals surface area contributed by atoms with Crippen molar-refractivity contribution >= 4 is 0 Å². The van der Waals surface area contributed by atoms with Gasteiger partial charge in [0, 0.05) is 37.5 Å². The fourth-order valence-electron chi connectivity index (χ4n) is 1.74. The maximum absolute atomic E-state index is 4.77. The van der Waals surface area contributed by atoms with Crippen molar-refractivity contribution in [2.24, 2.45) is 7.05 Å². The first-order chi connectivity index (χ1) is 7.66. The molecule has 5 heteroatoms. The van der Waals surface area contributed by atoms with Crippen molar-refractivity contribution in [3.05, 3.63) is 35.5 Å². The molecule has 0 spiro atoms. The van der Waals surface area contributed by atoms with Crippen LogP contribution in [0.1, 0.15) is 29.9 Å². The summed E-state index contributed by atoms with van der Waals surface area (Å²) in [6.45, 7) is 4.83. The van der Waals surface area contributed by atoms with Gasteiger partial charge in [-0.25, -0.2) is 0 Å². The summed E-state index contributed by atoms with van der Waals surface area (Å²) in [5.74, 6) is 0. The Hall–Kier alpha value is -1.62. The first-order valence-electron chi connectivity index (χ1n) is 5.29. The molecular formula is C11H16N4O. The van der Waals surface area contributed by atoms with Gasteiger partial charge in [0.1, 0.15) is 6.26 Å². The van der Waals surface area contributed by atoms with Crippen LogP contribution in [0.3, 0.4) is 0 Å². The van der Waals surface area contributed by atoms with E-state index in [9.17, 15) is 0 Å². The maximum Gasteiger partial charge on any atom is 0.124 e. The molecule has 1 atom stereocenters. The molecule has 5 nitrogen and oxygen atoms in total. The standard InChI is InChI=1S/C11H16N4O/c1-8(11-7-15(3)13-9(11)2)12-6-10-4-5-16-14-10/h4-5,7-8,12H,6H2,1-3H3. The number of nitrogens with one attached hydrogen (secondary N) is 1. The summed E-state index contributed by atoms with van der Waals surface area (Å²) in [6, 6.07) is 2.11. The van der Waals surface area contributed by atoms with E-state index in [2.05, 4.69) is 22.5 Å². The van der Waals surface area contributed by atoms with E-state index in [1.54, 1.807) is 6.26 Å². The van der Waals surface area contributed by atoms with E-state index in [0.29, 0.717) is 6.54 Å². The highest BCUT2D eigenvalue weighted by atomic mass is 16.5. The molecule has 16 heavy (non-hydrogen) atoms. The lowest BCUT2D eigenvalue weighted by Gasteiger charge is -2.11. The Balaban J connectivity index is 1.98. The molecule has 1 unspecified atom stereocenters. The minimum atomic E-state index is 0.255. The van der Waals surface area contributed by atoms with Crippen LogP contribution in [-0.2, 0) is 13.6 Å². The zero-order valence-corrected chi connectivity index (χ0v) is 9.77. The fraction of sp³-hybridized carbons (Fsp3) is 0.455. The smallest absolute Gasteiger partial charge is 0.124 e. The zero-order chi connectivity index (χ0) is 11.5. The number of rotatable bonds is 4. The van der Waals surface area contributed by atoms with Crippen molar-refractivity contribution in [1.82, 2.24) is 20.3 Å². The molecule has 0 amide bonds. The van der Waals surface area contributed by atoms with E-state index >= 15 is 0 Å². The van der Waals surface area contributed by atoms with Crippen molar-refractivity contribution in [3.8, 4) is 0 Å². The van der Waals surface area contributed by atoms with Crippen LogP contribution >= 0.6 is 0 Å². The summed E-state index contributed by atoms with van der Waals surface area (Å²) in [5, 5.41) is 11.6. The molecule has 0 aliphatic carbocycles. The normalized spacial score (nSPS) is 12.9. The number of aryl methyl sites for hydroxylation is 2. The molecule has 2 heterocycles. The molecule has 0 aliphatic rings. The summed E-state index contributed by atoms with van der Waals surface area (Å²) in [5.41, 5.74) is 3.18. The summed E-state index contributed by atoms with van der Waals surface area (Å²) < 4.78 is 6.61. The SMILES string of the molecule is Cc1nn(C)cc1C(C)NCc1ccon1. The predicted molar refractivity (Wildman–Crippen MR) is 59.7 cm³/mol. The number of hydrogen-bond donors (Lipinski definition) is 1. The summed E-state index contributed by atoms with van der Waals surface area (Å²) in [7, 11) is 1.93. The van der Waals surface area contributed by atoms with Crippen LogP contribution in [-0.4, -0.2) is 14.9 Å². The van der Waals surface area contributed by atoms with Crippen molar-refractivity contribution in [2.75, 3.05) is 0 Å². The molecule has 1 N–H and O–H groups in total. The van der Waals surface area contributed by atoms with Crippen LogP contribution in [0.4, 0.5) is 0 Å². The summed E-state index contributed by atoms with van der Waals surface area (Å²) in [4.78, 5) is 0. The Bertz CT molecular complexity index is 447. The lowest BCUT2D eigenvalue weighted by Crippen LogP contribution is -2.18. The minimum absolute atomic E-state index is 0.255.